The number of furan rings is 2. The molecular formula is C16H12FNO3. The van der Waals surface area contributed by atoms with Crippen molar-refractivity contribution < 1.29 is 18.0 Å². The van der Waals surface area contributed by atoms with Gasteiger partial charge in [-0.3, -0.25) is 4.79 Å². The molecule has 0 saturated heterocycles. The second kappa shape index (κ2) is 5.66. The zero-order valence-electron chi connectivity index (χ0n) is 11.0. The highest BCUT2D eigenvalue weighted by Gasteiger charge is 2.13. The minimum atomic E-state index is -0.364. The SMILES string of the molecule is O=C(NCc1cccc(F)c1)c1ccc(-c2ccco2)o1. The van der Waals surface area contributed by atoms with E-state index in [0.29, 0.717) is 17.1 Å². The van der Waals surface area contributed by atoms with Crippen molar-refractivity contribution in [2.45, 2.75) is 6.54 Å². The minimum absolute atomic E-state index is 0.179. The van der Waals surface area contributed by atoms with E-state index in [2.05, 4.69) is 5.32 Å². The van der Waals surface area contributed by atoms with Gasteiger partial charge in [-0.1, -0.05) is 12.1 Å². The summed E-state index contributed by atoms with van der Waals surface area (Å²) in [6.07, 6.45) is 1.53. The quantitative estimate of drug-likeness (QED) is 0.796. The summed E-state index contributed by atoms with van der Waals surface area (Å²) in [6, 6.07) is 12.8. The van der Waals surface area contributed by atoms with Crippen molar-refractivity contribution in [3.63, 3.8) is 0 Å². The van der Waals surface area contributed by atoms with Crippen LogP contribution in [0.15, 0.2) is 63.6 Å². The van der Waals surface area contributed by atoms with Crippen molar-refractivity contribution in [2.75, 3.05) is 0 Å². The van der Waals surface area contributed by atoms with Gasteiger partial charge in [0, 0.05) is 6.54 Å². The van der Waals surface area contributed by atoms with Crippen molar-refractivity contribution in [3.05, 3.63) is 71.9 Å². The lowest BCUT2D eigenvalue weighted by Gasteiger charge is -2.03. The van der Waals surface area contributed by atoms with Crippen LogP contribution in [-0.4, -0.2) is 5.91 Å². The summed E-state index contributed by atoms with van der Waals surface area (Å²) in [5.41, 5.74) is 0.682. The van der Waals surface area contributed by atoms with Gasteiger partial charge in [-0.05, 0) is 42.0 Å². The number of carbonyl (C=O) groups is 1. The van der Waals surface area contributed by atoms with Crippen LogP contribution in [0.3, 0.4) is 0 Å². The summed E-state index contributed by atoms with van der Waals surface area (Å²) in [7, 11) is 0. The fourth-order valence-corrected chi connectivity index (χ4v) is 1.93. The van der Waals surface area contributed by atoms with Crippen molar-refractivity contribution in [1.82, 2.24) is 5.32 Å². The van der Waals surface area contributed by atoms with Gasteiger partial charge in [0.05, 0.1) is 6.26 Å². The van der Waals surface area contributed by atoms with E-state index in [1.807, 2.05) is 0 Å². The molecule has 0 saturated carbocycles. The highest BCUT2D eigenvalue weighted by atomic mass is 19.1. The van der Waals surface area contributed by atoms with Gasteiger partial charge in [0.15, 0.2) is 17.3 Å². The second-order valence-corrected chi connectivity index (χ2v) is 4.45. The Bertz CT molecular complexity index is 746. The molecule has 21 heavy (non-hydrogen) atoms. The topological polar surface area (TPSA) is 55.4 Å². The molecule has 0 unspecified atom stereocenters. The molecule has 0 fully saturated rings. The zero-order valence-corrected chi connectivity index (χ0v) is 11.0. The second-order valence-electron chi connectivity index (χ2n) is 4.45. The van der Waals surface area contributed by atoms with E-state index in [9.17, 15) is 9.18 Å². The Hall–Kier alpha value is -2.82. The van der Waals surface area contributed by atoms with E-state index < -0.39 is 0 Å². The van der Waals surface area contributed by atoms with E-state index in [4.69, 9.17) is 8.83 Å². The van der Waals surface area contributed by atoms with Crippen LogP contribution < -0.4 is 5.32 Å². The molecule has 2 aromatic heterocycles. The summed E-state index contributed by atoms with van der Waals surface area (Å²) >= 11 is 0. The van der Waals surface area contributed by atoms with Crippen LogP contribution in [0, 0.1) is 5.82 Å². The molecule has 2 heterocycles. The van der Waals surface area contributed by atoms with E-state index in [-0.39, 0.29) is 24.0 Å². The Balaban J connectivity index is 1.66. The fraction of sp³-hybridized carbons (Fsp3) is 0.0625. The average Bonchev–Trinajstić information content (AvgIpc) is 3.15. The van der Waals surface area contributed by atoms with Crippen molar-refractivity contribution in [2.24, 2.45) is 0 Å². The molecule has 1 aromatic carbocycles. The number of benzene rings is 1. The van der Waals surface area contributed by atoms with Crippen LogP contribution in [0.5, 0.6) is 0 Å². The summed E-state index contributed by atoms with van der Waals surface area (Å²) in [4.78, 5) is 12.0. The van der Waals surface area contributed by atoms with Crippen molar-refractivity contribution in [1.29, 1.82) is 0 Å². The zero-order chi connectivity index (χ0) is 14.7. The first-order valence-electron chi connectivity index (χ1n) is 6.39. The third kappa shape index (κ3) is 3.02. The van der Waals surface area contributed by atoms with Gasteiger partial charge >= 0.3 is 0 Å². The highest BCUT2D eigenvalue weighted by molar-refractivity contribution is 5.91. The van der Waals surface area contributed by atoms with Crippen LogP contribution in [0.2, 0.25) is 0 Å². The standard InChI is InChI=1S/C16H12FNO3/c17-12-4-1-3-11(9-12)10-18-16(19)15-7-6-14(21-15)13-5-2-8-20-13/h1-9H,10H2,(H,18,19). The first-order valence-corrected chi connectivity index (χ1v) is 6.39. The van der Waals surface area contributed by atoms with Crippen molar-refractivity contribution >= 4 is 5.91 Å². The number of nitrogens with one attached hydrogen (secondary N) is 1. The minimum Gasteiger partial charge on any atom is -0.461 e. The summed E-state index contributed by atoms with van der Waals surface area (Å²) in [5, 5.41) is 2.67. The third-order valence-corrected chi connectivity index (χ3v) is 2.94. The molecule has 0 aliphatic heterocycles. The molecule has 0 aliphatic carbocycles. The Morgan fingerprint density at radius 3 is 2.76 bits per heavy atom. The predicted molar refractivity (Wildman–Crippen MR) is 74.0 cm³/mol. The van der Waals surface area contributed by atoms with Crippen LogP contribution in [0.25, 0.3) is 11.5 Å². The molecule has 1 amide bonds. The first kappa shape index (κ1) is 13.2. The van der Waals surface area contributed by atoms with Crippen LogP contribution in [-0.2, 0) is 6.54 Å². The van der Waals surface area contributed by atoms with Gasteiger partial charge in [-0.2, -0.15) is 0 Å². The van der Waals surface area contributed by atoms with E-state index in [1.165, 1.54) is 18.4 Å². The molecule has 3 rings (SSSR count). The van der Waals surface area contributed by atoms with E-state index in [1.54, 1.807) is 36.4 Å². The predicted octanol–water partition coefficient (Wildman–Crippen LogP) is 3.61. The van der Waals surface area contributed by atoms with Gasteiger partial charge in [0.25, 0.3) is 5.91 Å². The Kier molecular flexibility index (Phi) is 3.55. The molecule has 0 aliphatic rings. The smallest absolute Gasteiger partial charge is 0.287 e. The van der Waals surface area contributed by atoms with Gasteiger partial charge < -0.3 is 14.2 Å². The van der Waals surface area contributed by atoms with Gasteiger partial charge in [-0.25, -0.2) is 4.39 Å². The van der Waals surface area contributed by atoms with Gasteiger partial charge in [0.1, 0.15) is 5.82 Å². The third-order valence-electron chi connectivity index (χ3n) is 2.94. The number of amides is 1. The van der Waals surface area contributed by atoms with Crippen LogP contribution >= 0.6 is 0 Å². The number of halogens is 1. The van der Waals surface area contributed by atoms with Gasteiger partial charge in [0.2, 0.25) is 0 Å². The lowest BCUT2D eigenvalue weighted by Crippen LogP contribution is -2.22. The van der Waals surface area contributed by atoms with E-state index in [0.717, 1.165) is 0 Å². The highest BCUT2D eigenvalue weighted by Crippen LogP contribution is 2.22. The number of hydrogen-bond donors (Lipinski definition) is 1. The molecule has 5 heteroatoms. The van der Waals surface area contributed by atoms with Gasteiger partial charge in [-0.15, -0.1) is 0 Å². The maximum Gasteiger partial charge on any atom is 0.287 e. The Morgan fingerprint density at radius 1 is 1.10 bits per heavy atom. The molecular weight excluding hydrogens is 273 g/mol. The maximum absolute atomic E-state index is 13.0. The summed E-state index contributed by atoms with van der Waals surface area (Å²) < 4.78 is 23.6. The summed E-state index contributed by atoms with van der Waals surface area (Å²) in [6.45, 7) is 0.230. The average molecular weight is 285 g/mol. The fourth-order valence-electron chi connectivity index (χ4n) is 1.93. The Morgan fingerprint density at radius 2 is 2.00 bits per heavy atom. The molecule has 0 atom stereocenters. The monoisotopic (exact) mass is 285 g/mol. The Labute approximate surface area is 120 Å². The summed E-state index contributed by atoms with van der Waals surface area (Å²) in [5.74, 6) is 0.518. The maximum atomic E-state index is 13.0. The van der Waals surface area contributed by atoms with Crippen LogP contribution in [0.1, 0.15) is 16.1 Å². The molecule has 0 spiro atoms. The molecule has 3 aromatic rings. The lowest BCUT2D eigenvalue weighted by molar-refractivity contribution is 0.0924. The molecule has 106 valence electrons. The largest absolute Gasteiger partial charge is 0.461 e. The van der Waals surface area contributed by atoms with Crippen LogP contribution in [0.4, 0.5) is 4.39 Å². The van der Waals surface area contributed by atoms with E-state index >= 15 is 0 Å². The molecule has 1 N–H and O–H groups in total. The first-order chi connectivity index (χ1) is 10.2. The molecule has 0 bridgehead atoms. The number of hydrogen-bond acceptors (Lipinski definition) is 3. The molecule has 0 radical (unpaired) electrons. The normalized spacial score (nSPS) is 10.5. The number of carbonyl (C=O) groups excluding carboxylic acids is 1. The van der Waals surface area contributed by atoms with Crippen molar-refractivity contribution in [3.8, 4) is 11.5 Å². The molecule has 4 nitrogen and oxygen atoms in total. The number of rotatable bonds is 4. The lowest BCUT2D eigenvalue weighted by atomic mass is 10.2.